The number of aromatic nitrogens is 4. The molecule has 1 aliphatic rings. The van der Waals surface area contributed by atoms with E-state index in [4.69, 9.17) is 0 Å². The van der Waals surface area contributed by atoms with Gasteiger partial charge in [-0.05, 0) is 31.2 Å². The van der Waals surface area contributed by atoms with Crippen molar-refractivity contribution in [3.8, 4) is 0 Å². The molecule has 0 aliphatic carbocycles. The van der Waals surface area contributed by atoms with Crippen LogP contribution in [0, 0.1) is 12.7 Å². The fourth-order valence-corrected chi connectivity index (χ4v) is 3.58. The second kappa shape index (κ2) is 7.67. The van der Waals surface area contributed by atoms with Crippen molar-refractivity contribution >= 4 is 39.5 Å². The molecule has 144 valence electrons. The number of aryl methyl sites for hydroxylation is 1. The Kier molecular flexibility index (Phi) is 5.08. The first-order chi connectivity index (χ1) is 13.5. The molecule has 7 nitrogen and oxygen atoms in total. The molecule has 0 saturated carbocycles. The maximum absolute atomic E-state index is 13.8. The second-order valence-corrected chi connectivity index (χ2v) is 7.45. The summed E-state index contributed by atoms with van der Waals surface area (Å²) in [6, 6.07) is 6.61. The molecular weight excluding hydrogens is 427 g/mol. The van der Waals surface area contributed by atoms with Gasteiger partial charge in [-0.1, -0.05) is 15.9 Å². The number of halogens is 2. The van der Waals surface area contributed by atoms with Crippen molar-refractivity contribution in [1.29, 1.82) is 0 Å². The zero-order valence-electron chi connectivity index (χ0n) is 15.2. The van der Waals surface area contributed by atoms with Gasteiger partial charge >= 0.3 is 0 Å². The van der Waals surface area contributed by atoms with Crippen LogP contribution in [0.1, 0.15) is 11.3 Å². The van der Waals surface area contributed by atoms with Crippen LogP contribution in [-0.4, -0.2) is 56.6 Å². The number of nitrogens with zero attached hydrogens (tertiary/aromatic N) is 6. The van der Waals surface area contributed by atoms with Crippen LogP contribution in [0.3, 0.4) is 0 Å². The summed E-state index contributed by atoms with van der Waals surface area (Å²) in [5.74, 6) is 0.990. The van der Waals surface area contributed by atoms with Crippen molar-refractivity contribution in [1.82, 2.24) is 24.5 Å². The maximum atomic E-state index is 13.8. The molecule has 0 N–H and O–H groups in total. The van der Waals surface area contributed by atoms with Gasteiger partial charge in [-0.15, -0.1) is 0 Å². The molecule has 1 fully saturated rings. The lowest BCUT2D eigenvalue weighted by molar-refractivity contribution is -0.126. The standard InChI is InChI=1S/C19H18BrFN6O/c1-13-10-17(27-19(24-13)22-12-23-27)25-6-8-26(9-7-25)18(28)5-2-14-11-15(20)3-4-16(14)21/h2-5,10-12H,6-9H2,1H3/b5-2+. The summed E-state index contributed by atoms with van der Waals surface area (Å²) in [5.41, 5.74) is 1.25. The molecule has 0 atom stereocenters. The Labute approximate surface area is 169 Å². The predicted molar refractivity (Wildman–Crippen MR) is 107 cm³/mol. The van der Waals surface area contributed by atoms with Crippen molar-refractivity contribution in [3.63, 3.8) is 0 Å². The van der Waals surface area contributed by atoms with Gasteiger partial charge in [0.15, 0.2) is 0 Å². The van der Waals surface area contributed by atoms with E-state index in [-0.39, 0.29) is 11.7 Å². The Balaban J connectivity index is 1.43. The van der Waals surface area contributed by atoms with E-state index in [2.05, 4.69) is 35.9 Å². The largest absolute Gasteiger partial charge is 0.353 e. The fourth-order valence-electron chi connectivity index (χ4n) is 3.20. The minimum atomic E-state index is -0.359. The van der Waals surface area contributed by atoms with Crippen molar-refractivity contribution in [2.24, 2.45) is 0 Å². The third-order valence-corrected chi connectivity index (χ3v) is 5.13. The highest BCUT2D eigenvalue weighted by atomic mass is 79.9. The summed E-state index contributed by atoms with van der Waals surface area (Å²) < 4.78 is 16.3. The number of fused-ring (bicyclic) bond motifs is 1. The number of benzene rings is 1. The minimum Gasteiger partial charge on any atom is -0.353 e. The molecule has 0 unspecified atom stereocenters. The lowest BCUT2D eigenvalue weighted by Gasteiger charge is -2.35. The number of piperazine rings is 1. The Hall–Kier alpha value is -2.81. The number of carbonyl (C=O) groups excluding carboxylic acids is 1. The Morgan fingerprint density at radius 1 is 1.21 bits per heavy atom. The van der Waals surface area contributed by atoms with Gasteiger partial charge in [0.05, 0.1) is 0 Å². The molecule has 1 aliphatic heterocycles. The molecule has 0 spiro atoms. The number of amides is 1. The average molecular weight is 445 g/mol. The number of hydrogen-bond acceptors (Lipinski definition) is 5. The maximum Gasteiger partial charge on any atom is 0.254 e. The van der Waals surface area contributed by atoms with Crippen LogP contribution >= 0.6 is 15.9 Å². The summed E-state index contributed by atoms with van der Waals surface area (Å²) in [7, 11) is 0. The monoisotopic (exact) mass is 444 g/mol. The quantitative estimate of drug-likeness (QED) is 0.581. The molecule has 1 aromatic carbocycles. The van der Waals surface area contributed by atoms with Crippen molar-refractivity contribution in [3.05, 3.63) is 58.2 Å². The van der Waals surface area contributed by atoms with Crippen LogP contribution in [0.25, 0.3) is 11.9 Å². The van der Waals surface area contributed by atoms with E-state index in [9.17, 15) is 9.18 Å². The van der Waals surface area contributed by atoms with Gasteiger partial charge < -0.3 is 9.80 Å². The SMILES string of the molecule is Cc1cc(N2CCN(C(=O)/C=C/c3cc(Br)ccc3F)CC2)n2ncnc2n1. The van der Waals surface area contributed by atoms with Crippen molar-refractivity contribution < 1.29 is 9.18 Å². The van der Waals surface area contributed by atoms with Crippen LogP contribution in [0.2, 0.25) is 0 Å². The van der Waals surface area contributed by atoms with Crippen LogP contribution < -0.4 is 4.90 Å². The molecule has 28 heavy (non-hydrogen) atoms. The van der Waals surface area contributed by atoms with E-state index in [0.29, 0.717) is 37.5 Å². The highest BCUT2D eigenvalue weighted by Gasteiger charge is 2.22. The average Bonchev–Trinajstić information content (AvgIpc) is 3.16. The third kappa shape index (κ3) is 3.75. The molecule has 4 rings (SSSR count). The predicted octanol–water partition coefficient (Wildman–Crippen LogP) is 2.70. The van der Waals surface area contributed by atoms with Crippen molar-refractivity contribution in [2.45, 2.75) is 6.92 Å². The zero-order valence-corrected chi connectivity index (χ0v) is 16.8. The van der Waals surface area contributed by atoms with E-state index < -0.39 is 0 Å². The molecule has 1 saturated heterocycles. The highest BCUT2D eigenvalue weighted by molar-refractivity contribution is 9.10. The molecular formula is C19H18BrFN6O. The molecule has 9 heteroatoms. The van der Waals surface area contributed by atoms with E-state index in [1.165, 1.54) is 24.5 Å². The third-order valence-electron chi connectivity index (χ3n) is 4.64. The first-order valence-corrected chi connectivity index (χ1v) is 9.65. The Morgan fingerprint density at radius 2 is 2.00 bits per heavy atom. The van der Waals surface area contributed by atoms with Crippen LogP contribution in [0.5, 0.6) is 0 Å². The first-order valence-electron chi connectivity index (χ1n) is 8.85. The molecule has 3 heterocycles. The molecule has 1 amide bonds. The fraction of sp³-hybridized carbons (Fsp3) is 0.263. The van der Waals surface area contributed by atoms with Crippen LogP contribution in [0.4, 0.5) is 10.2 Å². The summed E-state index contributed by atoms with van der Waals surface area (Å²) in [4.78, 5) is 24.9. The molecule has 2 aromatic heterocycles. The summed E-state index contributed by atoms with van der Waals surface area (Å²) in [5, 5.41) is 4.24. The summed E-state index contributed by atoms with van der Waals surface area (Å²) >= 11 is 3.31. The van der Waals surface area contributed by atoms with Gasteiger partial charge in [0.1, 0.15) is 18.0 Å². The topological polar surface area (TPSA) is 66.6 Å². The van der Waals surface area contributed by atoms with Gasteiger partial charge in [0.25, 0.3) is 5.78 Å². The Morgan fingerprint density at radius 3 is 2.79 bits per heavy atom. The Bertz CT molecular complexity index is 1060. The van der Waals surface area contributed by atoms with E-state index >= 15 is 0 Å². The second-order valence-electron chi connectivity index (χ2n) is 6.54. The lowest BCUT2D eigenvalue weighted by atomic mass is 10.2. The van der Waals surface area contributed by atoms with Crippen LogP contribution in [-0.2, 0) is 4.79 Å². The van der Waals surface area contributed by atoms with Gasteiger partial charge in [-0.3, -0.25) is 4.79 Å². The smallest absolute Gasteiger partial charge is 0.254 e. The highest BCUT2D eigenvalue weighted by Crippen LogP contribution is 2.19. The summed E-state index contributed by atoms with van der Waals surface area (Å²) in [6.07, 6.45) is 4.42. The van der Waals surface area contributed by atoms with E-state index in [1.807, 2.05) is 13.0 Å². The number of rotatable bonds is 3. The van der Waals surface area contributed by atoms with Gasteiger partial charge in [-0.2, -0.15) is 14.6 Å². The zero-order chi connectivity index (χ0) is 19.7. The van der Waals surface area contributed by atoms with Crippen LogP contribution in [0.15, 0.2) is 41.1 Å². The van der Waals surface area contributed by atoms with Gasteiger partial charge in [0.2, 0.25) is 5.91 Å². The first kappa shape index (κ1) is 18.5. The van der Waals surface area contributed by atoms with Gasteiger partial charge in [-0.25, -0.2) is 9.37 Å². The summed E-state index contributed by atoms with van der Waals surface area (Å²) in [6.45, 7) is 4.40. The molecule has 3 aromatic rings. The van der Waals surface area contributed by atoms with E-state index in [0.717, 1.165) is 16.0 Å². The lowest BCUT2D eigenvalue weighted by Crippen LogP contribution is -2.48. The van der Waals surface area contributed by atoms with E-state index in [1.54, 1.807) is 21.5 Å². The minimum absolute atomic E-state index is 0.129. The van der Waals surface area contributed by atoms with Crippen molar-refractivity contribution in [2.75, 3.05) is 31.1 Å². The van der Waals surface area contributed by atoms with Gasteiger partial charge in [0, 0.05) is 54.1 Å². The number of carbonyl (C=O) groups is 1. The normalized spacial score (nSPS) is 15.0. The number of anilines is 1. The molecule has 0 bridgehead atoms. The molecule has 0 radical (unpaired) electrons. The number of hydrogen-bond donors (Lipinski definition) is 0.